The van der Waals surface area contributed by atoms with E-state index >= 15 is 0 Å². The van der Waals surface area contributed by atoms with E-state index in [9.17, 15) is 9.18 Å². The van der Waals surface area contributed by atoms with Crippen molar-refractivity contribution >= 4 is 23.6 Å². The van der Waals surface area contributed by atoms with Crippen LogP contribution in [-0.2, 0) is 9.53 Å². The number of carbonyl (C=O) groups is 1. The molecule has 0 amide bonds. The van der Waals surface area contributed by atoms with Gasteiger partial charge >= 0.3 is 5.97 Å². The fourth-order valence-corrected chi connectivity index (χ4v) is 1.78. The van der Waals surface area contributed by atoms with E-state index in [0.717, 1.165) is 6.20 Å². The average Bonchev–Trinajstić information content (AvgIpc) is 2.57. The molecule has 0 aliphatic rings. The Hall–Kier alpha value is -2.98. The number of nitrogens with zero attached hydrogens (tertiary/aromatic N) is 3. The summed E-state index contributed by atoms with van der Waals surface area (Å²) in [6, 6.07) is 8.02. The molecule has 122 valence electrons. The standard InChI is InChI=1S/C16H11ClFN3O3/c1-2-23-15(22)11(8-19)7-10-3-5-12(6-4-10)24-14-13(18)9-20-16(17)21-14/h3-7,9H,2H2,1H3/b11-7-. The van der Waals surface area contributed by atoms with Crippen LogP contribution in [0.15, 0.2) is 36.0 Å². The van der Waals surface area contributed by atoms with Crippen LogP contribution in [0.3, 0.4) is 0 Å². The third kappa shape index (κ3) is 4.51. The molecule has 0 saturated carbocycles. The Balaban J connectivity index is 2.17. The summed E-state index contributed by atoms with van der Waals surface area (Å²) in [4.78, 5) is 18.7. The monoisotopic (exact) mass is 347 g/mol. The van der Waals surface area contributed by atoms with Crippen molar-refractivity contribution in [1.82, 2.24) is 9.97 Å². The van der Waals surface area contributed by atoms with Gasteiger partial charge in [0.1, 0.15) is 17.4 Å². The molecule has 2 aromatic rings. The van der Waals surface area contributed by atoms with Crippen LogP contribution in [-0.4, -0.2) is 22.5 Å². The molecule has 0 unspecified atom stereocenters. The van der Waals surface area contributed by atoms with Crippen molar-refractivity contribution in [3.05, 3.63) is 52.7 Å². The molecule has 1 aromatic heterocycles. The van der Waals surface area contributed by atoms with Crippen LogP contribution in [0.5, 0.6) is 11.6 Å². The summed E-state index contributed by atoms with van der Waals surface area (Å²) in [5.41, 5.74) is 0.451. The number of ether oxygens (including phenoxy) is 2. The topological polar surface area (TPSA) is 85.1 Å². The minimum absolute atomic E-state index is 0.126. The summed E-state index contributed by atoms with van der Waals surface area (Å²) in [5.74, 6) is -1.45. The van der Waals surface area contributed by atoms with E-state index < -0.39 is 11.8 Å². The largest absolute Gasteiger partial charge is 0.462 e. The van der Waals surface area contributed by atoms with E-state index in [1.54, 1.807) is 25.1 Å². The molecule has 0 aliphatic heterocycles. The Morgan fingerprint density at radius 2 is 2.12 bits per heavy atom. The number of hydrogen-bond donors (Lipinski definition) is 0. The molecule has 0 radical (unpaired) electrons. The van der Waals surface area contributed by atoms with Gasteiger partial charge in [0.2, 0.25) is 11.1 Å². The van der Waals surface area contributed by atoms with E-state index in [1.165, 1.54) is 18.2 Å². The second-order valence-corrected chi connectivity index (χ2v) is 4.69. The number of rotatable bonds is 5. The highest BCUT2D eigenvalue weighted by molar-refractivity contribution is 6.28. The van der Waals surface area contributed by atoms with Gasteiger partial charge < -0.3 is 9.47 Å². The highest BCUT2D eigenvalue weighted by Crippen LogP contribution is 2.23. The molecule has 0 fully saturated rings. The van der Waals surface area contributed by atoms with Gasteiger partial charge in [-0.15, -0.1) is 0 Å². The van der Waals surface area contributed by atoms with Crippen LogP contribution in [0.4, 0.5) is 4.39 Å². The molecule has 0 N–H and O–H groups in total. The van der Waals surface area contributed by atoms with Gasteiger partial charge in [0.25, 0.3) is 5.88 Å². The van der Waals surface area contributed by atoms with Crippen molar-refractivity contribution < 1.29 is 18.7 Å². The highest BCUT2D eigenvalue weighted by Gasteiger charge is 2.11. The van der Waals surface area contributed by atoms with Crippen molar-refractivity contribution in [2.24, 2.45) is 0 Å². The highest BCUT2D eigenvalue weighted by atomic mass is 35.5. The Morgan fingerprint density at radius 1 is 1.42 bits per heavy atom. The first-order chi connectivity index (χ1) is 11.5. The molecule has 0 atom stereocenters. The first-order valence-electron chi connectivity index (χ1n) is 6.78. The molecule has 0 aliphatic carbocycles. The van der Waals surface area contributed by atoms with Gasteiger partial charge in [0.05, 0.1) is 12.8 Å². The van der Waals surface area contributed by atoms with Crippen LogP contribution in [0.1, 0.15) is 12.5 Å². The third-order valence-corrected chi connectivity index (χ3v) is 2.89. The number of hydrogen-bond acceptors (Lipinski definition) is 6. The summed E-state index contributed by atoms with van der Waals surface area (Å²) >= 11 is 5.59. The van der Waals surface area contributed by atoms with Gasteiger partial charge in [0.15, 0.2) is 0 Å². The Morgan fingerprint density at radius 3 is 2.75 bits per heavy atom. The molecule has 2 rings (SSSR count). The quantitative estimate of drug-likeness (QED) is 0.356. The Kier molecular flexibility index (Phi) is 5.82. The summed E-state index contributed by atoms with van der Waals surface area (Å²) < 4.78 is 23.6. The van der Waals surface area contributed by atoms with E-state index in [2.05, 4.69) is 9.97 Å². The molecule has 8 heteroatoms. The smallest absolute Gasteiger partial charge is 0.348 e. The van der Waals surface area contributed by atoms with Crippen LogP contribution in [0.2, 0.25) is 5.28 Å². The molecule has 0 spiro atoms. The number of aromatic nitrogens is 2. The number of esters is 1. The van der Waals surface area contributed by atoms with E-state index in [4.69, 9.17) is 26.3 Å². The maximum Gasteiger partial charge on any atom is 0.348 e. The van der Waals surface area contributed by atoms with Gasteiger partial charge in [-0.05, 0) is 42.3 Å². The predicted octanol–water partition coefficient (Wildman–Crippen LogP) is 3.53. The second kappa shape index (κ2) is 8.04. The molecular weight excluding hydrogens is 337 g/mol. The summed E-state index contributed by atoms with van der Waals surface area (Å²) in [5, 5.41) is 8.84. The van der Waals surface area contributed by atoms with Crippen molar-refractivity contribution in [3.8, 4) is 17.7 Å². The van der Waals surface area contributed by atoms with E-state index in [0.29, 0.717) is 11.3 Å². The third-order valence-electron chi connectivity index (χ3n) is 2.70. The SMILES string of the molecule is CCOC(=O)/C(C#N)=C\c1ccc(Oc2nc(Cl)ncc2F)cc1. The van der Waals surface area contributed by atoms with Crippen LogP contribution in [0, 0.1) is 17.1 Å². The van der Waals surface area contributed by atoms with Crippen molar-refractivity contribution in [1.29, 1.82) is 5.26 Å². The van der Waals surface area contributed by atoms with Crippen LogP contribution in [0.25, 0.3) is 6.08 Å². The van der Waals surface area contributed by atoms with Gasteiger partial charge in [-0.2, -0.15) is 14.6 Å². The van der Waals surface area contributed by atoms with E-state index in [1.807, 2.05) is 0 Å². The minimum Gasteiger partial charge on any atom is -0.462 e. The lowest BCUT2D eigenvalue weighted by Gasteiger charge is -2.06. The van der Waals surface area contributed by atoms with Gasteiger partial charge in [0, 0.05) is 0 Å². The summed E-state index contributed by atoms with van der Waals surface area (Å²) in [6.45, 7) is 1.83. The first kappa shape index (κ1) is 17.4. The Labute approximate surface area is 142 Å². The fraction of sp³-hybridized carbons (Fsp3) is 0.125. The number of nitriles is 1. The molecule has 24 heavy (non-hydrogen) atoms. The predicted molar refractivity (Wildman–Crippen MR) is 83.7 cm³/mol. The minimum atomic E-state index is -0.752. The molecule has 0 saturated heterocycles. The van der Waals surface area contributed by atoms with Gasteiger partial charge in [-0.25, -0.2) is 9.78 Å². The van der Waals surface area contributed by atoms with Crippen molar-refractivity contribution in [2.45, 2.75) is 6.92 Å². The fourth-order valence-electron chi connectivity index (χ4n) is 1.66. The summed E-state index contributed by atoms with van der Waals surface area (Å²) in [7, 11) is 0. The van der Waals surface area contributed by atoms with Gasteiger partial charge in [-0.3, -0.25) is 0 Å². The lowest BCUT2D eigenvalue weighted by Crippen LogP contribution is -2.05. The number of halogens is 2. The van der Waals surface area contributed by atoms with Crippen molar-refractivity contribution in [3.63, 3.8) is 0 Å². The van der Waals surface area contributed by atoms with Crippen LogP contribution >= 0.6 is 11.6 Å². The maximum absolute atomic E-state index is 13.5. The van der Waals surface area contributed by atoms with Crippen LogP contribution < -0.4 is 4.74 Å². The first-order valence-corrected chi connectivity index (χ1v) is 7.16. The lowest BCUT2D eigenvalue weighted by molar-refractivity contribution is -0.137. The molecule has 1 heterocycles. The lowest BCUT2D eigenvalue weighted by atomic mass is 10.1. The molecule has 0 bridgehead atoms. The zero-order valence-corrected chi connectivity index (χ0v) is 13.2. The van der Waals surface area contributed by atoms with E-state index in [-0.39, 0.29) is 23.3 Å². The molecule has 6 nitrogen and oxygen atoms in total. The Bertz CT molecular complexity index is 816. The molecule has 1 aromatic carbocycles. The summed E-state index contributed by atoms with van der Waals surface area (Å²) in [6.07, 6.45) is 2.28. The molecular formula is C16H11ClFN3O3. The van der Waals surface area contributed by atoms with Gasteiger partial charge in [-0.1, -0.05) is 12.1 Å². The number of carbonyl (C=O) groups excluding carboxylic acids is 1. The number of benzene rings is 1. The average molecular weight is 348 g/mol. The maximum atomic E-state index is 13.5. The zero-order chi connectivity index (χ0) is 17.5. The second-order valence-electron chi connectivity index (χ2n) is 4.35. The zero-order valence-electron chi connectivity index (χ0n) is 12.5. The normalized spacial score (nSPS) is 10.8. The van der Waals surface area contributed by atoms with Crippen molar-refractivity contribution in [2.75, 3.05) is 6.61 Å².